The Kier molecular flexibility index (Phi) is 9.22. The SMILES string of the molecule is CCC(C)(CNC(=O)OCC1c2ccccc2-c2ccccc21)C(=O)NC(C(=O)O)C(C)OCc1ccccc1. The van der Waals surface area contributed by atoms with E-state index >= 15 is 0 Å². The molecule has 1 aliphatic rings. The van der Waals surface area contributed by atoms with E-state index in [2.05, 4.69) is 22.8 Å². The van der Waals surface area contributed by atoms with E-state index in [-0.39, 0.29) is 25.7 Å². The zero-order chi connectivity index (χ0) is 28.7. The highest BCUT2D eigenvalue weighted by Gasteiger charge is 2.37. The zero-order valence-corrected chi connectivity index (χ0v) is 23.1. The van der Waals surface area contributed by atoms with Crippen LogP contribution in [-0.2, 0) is 25.7 Å². The number of hydrogen-bond donors (Lipinski definition) is 3. The quantitative estimate of drug-likeness (QED) is 0.292. The van der Waals surface area contributed by atoms with Gasteiger partial charge in [0.05, 0.1) is 18.1 Å². The molecular weight excluding hydrogens is 508 g/mol. The van der Waals surface area contributed by atoms with Crippen molar-refractivity contribution in [1.82, 2.24) is 10.6 Å². The first-order chi connectivity index (χ1) is 19.2. The number of carboxylic acid groups (broad SMARTS) is 1. The maximum Gasteiger partial charge on any atom is 0.407 e. The fourth-order valence-electron chi connectivity index (χ4n) is 4.88. The molecule has 0 aromatic heterocycles. The molecule has 3 aromatic carbocycles. The molecule has 210 valence electrons. The number of rotatable bonds is 12. The molecule has 0 bridgehead atoms. The molecule has 40 heavy (non-hydrogen) atoms. The van der Waals surface area contributed by atoms with Gasteiger partial charge in [0, 0.05) is 12.5 Å². The van der Waals surface area contributed by atoms with E-state index in [0.717, 1.165) is 27.8 Å². The number of alkyl carbamates (subject to hydrolysis) is 1. The van der Waals surface area contributed by atoms with Gasteiger partial charge in [-0.15, -0.1) is 0 Å². The van der Waals surface area contributed by atoms with Gasteiger partial charge in [0.15, 0.2) is 6.04 Å². The van der Waals surface area contributed by atoms with E-state index in [9.17, 15) is 19.5 Å². The number of ether oxygens (including phenoxy) is 2. The summed E-state index contributed by atoms with van der Waals surface area (Å²) in [6, 6.07) is 24.3. The number of carbonyl (C=O) groups is 3. The van der Waals surface area contributed by atoms with Crippen molar-refractivity contribution in [2.24, 2.45) is 5.41 Å². The third kappa shape index (κ3) is 6.51. The minimum absolute atomic E-state index is 0.0163. The largest absolute Gasteiger partial charge is 0.480 e. The zero-order valence-electron chi connectivity index (χ0n) is 23.1. The van der Waals surface area contributed by atoms with Gasteiger partial charge >= 0.3 is 12.1 Å². The van der Waals surface area contributed by atoms with Crippen molar-refractivity contribution >= 4 is 18.0 Å². The monoisotopic (exact) mass is 544 g/mol. The molecule has 0 saturated carbocycles. The van der Waals surface area contributed by atoms with E-state index in [1.165, 1.54) is 0 Å². The van der Waals surface area contributed by atoms with Crippen LogP contribution in [0.1, 0.15) is 49.8 Å². The number of carbonyl (C=O) groups excluding carboxylic acids is 2. The predicted octanol–water partition coefficient (Wildman–Crippen LogP) is 5.12. The first-order valence-electron chi connectivity index (χ1n) is 13.5. The number of fused-ring (bicyclic) bond motifs is 3. The smallest absolute Gasteiger partial charge is 0.407 e. The lowest BCUT2D eigenvalue weighted by molar-refractivity contribution is -0.148. The molecule has 2 amide bonds. The third-order valence-corrected chi connectivity index (χ3v) is 7.67. The molecule has 0 aliphatic heterocycles. The van der Waals surface area contributed by atoms with Crippen LogP contribution < -0.4 is 10.6 Å². The van der Waals surface area contributed by atoms with E-state index < -0.39 is 35.5 Å². The molecule has 3 unspecified atom stereocenters. The predicted molar refractivity (Wildman–Crippen MR) is 152 cm³/mol. The highest BCUT2D eigenvalue weighted by atomic mass is 16.5. The average Bonchev–Trinajstić information content (AvgIpc) is 3.30. The summed E-state index contributed by atoms with van der Waals surface area (Å²) >= 11 is 0. The van der Waals surface area contributed by atoms with Crippen molar-refractivity contribution in [1.29, 1.82) is 0 Å². The summed E-state index contributed by atoms with van der Waals surface area (Å²) in [6.45, 7) is 5.46. The Morgan fingerprint density at radius 3 is 2.08 bits per heavy atom. The van der Waals surface area contributed by atoms with Crippen molar-refractivity contribution in [2.45, 2.75) is 51.9 Å². The summed E-state index contributed by atoms with van der Waals surface area (Å²) in [5.41, 5.74) is 4.33. The van der Waals surface area contributed by atoms with Crippen LogP contribution in [0.5, 0.6) is 0 Å². The van der Waals surface area contributed by atoms with Crippen LogP contribution in [0.2, 0.25) is 0 Å². The molecule has 0 heterocycles. The van der Waals surface area contributed by atoms with Crippen molar-refractivity contribution < 1.29 is 29.0 Å². The molecule has 3 N–H and O–H groups in total. The van der Waals surface area contributed by atoms with Gasteiger partial charge in [-0.3, -0.25) is 4.79 Å². The Bertz CT molecular complexity index is 1300. The molecule has 3 aromatic rings. The lowest BCUT2D eigenvalue weighted by atomic mass is 9.86. The van der Waals surface area contributed by atoms with Gasteiger partial charge in [-0.1, -0.05) is 85.8 Å². The molecular formula is C32H36N2O6. The summed E-state index contributed by atoms with van der Waals surface area (Å²) in [5, 5.41) is 15.1. The Morgan fingerprint density at radius 2 is 1.50 bits per heavy atom. The van der Waals surface area contributed by atoms with Gasteiger partial charge in [0.2, 0.25) is 5.91 Å². The summed E-state index contributed by atoms with van der Waals surface area (Å²) in [5.74, 6) is -1.76. The first kappa shape index (κ1) is 28.8. The Morgan fingerprint density at radius 1 is 0.925 bits per heavy atom. The normalized spacial score (nSPS) is 15.2. The molecule has 1 aliphatic carbocycles. The van der Waals surface area contributed by atoms with Crippen molar-refractivity contribution in [2.75, 3.05) is 13.2 Å². The second kappa shape index (κ2) is 12.8. The molecule has 8 heteroatoms. The van der Waals surface area contributed by atoms with Crippen LogP contribution in [0, 0.1) is 5.41 Å². The van der Waals surface area contributed by atoms with Crippen molar-refractivity contribution in [3.63, 3.8) is 0 Å². The second-order valence-corrected chi connectivity index (χ2v) is 10.4. The van der Waals surface area contributed by atoms with Gasteiger partial charge in [0.25, 0.3) is 0 Å². The third-order valence-electron chi connectivity index (χ3n) is 7.67. The second-order valence-electron chi connectivity index (χ2n) is 10.4. The van der Waals surface area contributed by atoms with Crippen LogP contribution in [0.15, 0.2) is 78.9 Å². The molecule has 4 rings (SSSR count). The number of benzene rings is 3. The van der Waals surface area contributed by atoms with E-state index in [0.29, 0.717) is 6.42 Å². The minimum atomic E-state index is -1.25. The fourth-order valence-corrected chi connectivity index (χ4v) is 4.88. The standard InChI is InChI=1S/C32H36N2O6/c1-4-32(3,30(37)34-28(29(35)36)21(2)39-18-22-12-6-5-7-13-22)20-33-31(38)40-19-27-25-16-10-8-14-23(25)24-15-9-11-17-26(24)27/h5-17,21,27-28H,4,18-20H2,1-3H3,(H,33,38)(H,34,37)(H,35,36). The lowest BCUT2D eigenvalue weighted by Crippen LogP contribution is -2.55. The number of nitrogens with one attached hydrogen (secondary N) is 2. The highest BCUT2D eigenvalue weighted by Crippen LogP contribution is 2.44. The fraction of sp³-hybridized carbons (Fsp3) is 0.344. The average molecular weight is 545 g/mol. The van der Waals surface area contributed by atoms with Crippen LogP contribution in [0.4, 0.5) is 4.79 Å². The van der Waals surface area contributed by atoms with Gasteiger partial charge in [-0.25, -0.2) is 9.59 Å². The van der Waals surface area contributed by atoms with Crippen molar-refractivity contribution in [3.8, 4) is 11.1 Å². The molecule has 8 nitrogen and oxygen atoms in total. The van der Waals surface area contributed by atoms with Gasteiger partial charge in [-0.05, 0) is 48.1 Å². The first-order valence-corrected chi connectivity index (χ1v) is 13.5. The Labute approximate surface area is 234 Å². The van der Waals surface area contributed by atoms with E-state index in [1.54, 1.807) is 13.8 Å². The molecule has 0 saturated heterocycles. The van der Waals surface area contributed by atoms with E-state index in [4.69, 9.17) is 9.47 Å². The molecule has 0 spiro atoms. The lowest BCUT2D eigenvalue weighted by Gasteiger charge is -2.30. The maximum absolute atomic E-state index is 13.2. The maximum atomic E-state index is 13.2. The summed E-state index contributed by atoms with van der Waals surface area (Å²) in [6.07, 6.45) is -1.05. The molecule has 0 fully saturated rings. The van der Waals surface area contributed by atoms with Crippen LogP contribution >= 0.6 is 0 Å². The van der Waals surface area contributed by atoms with Crippen LogP contribution in [0.3, 0.4) is 0 Å². The van der Waals surface area contributed by atoms with Gasteiger partial charge in [0.1, 0.15) is 6.61 Å². The number of amides is 2. The van der Waals surface area contributed by atoms with Gasteiger partial charge in [-0.2, -0.15) is 0 Å². The molecule has 0 radical (unpaired) electrons. The topological polar surface area (TPSA) is 114 Å². The highest BCUT2D eigenvalue weighted by molar-refractivity contribution is 5.88. The minimum Gasteiger partial charge on any atom is -0.480 e. The number of carboxylic acids is 1. The Hall–Kier alpha value is -4.17. The summed E-state index contributed by atoms with van der Waals surface area (Å²) in [4.78, 5) is 37.9. The summed E-state index contributed by atoms with van der Waals surface area (Å²) < 4.78 is 11.3. The van der Waals surface area contributed by atoms with Crippen LogP contribution in [0.25, 0.3) is 11.1 Å². The number of hydrogen-bond acceptors (Lipinski definition) is 5. The Balaban J connectivity index is 1.32. The van der Waals surface area contributed by atoms with Gasteiger partial charge < -0.3 is 25.2 Å². The summed E-state index contributed by atoms with van der Waals surface area (Å²) in [7, 11) is 0. The van der Waals surface area contributed by atoms with Crippen molar-refractivity contribution in [3.05, 3.63) is 95.6 Å². The molecule has 3 atom stereocenters. The van der Waals surface area contributed by atoms with Crippen LogP contribution in [-0.4, -0.2) is 48.4 Å². The van der Waals surface area contributed by atoms with E-state index in [1.807, 2.05) is 73.7 Å². The number of aliphatic carboxylic acids is 1.